The summed E-state index contributed by atoms with van der Waals surface area (Å²) in [6.07, 6.45) is 11.1. The van der Waals surface area contributed by atoms with E-state index in [0.717, 1.165) is 23.7 Å². The largest absolute Gasteiger partial charge is 0.207 e. The Balaban J connectivity index is 2.32. The summed E-state index contributed by atoms with van der Waals surface area (Å²) >= 11 is 0. The van der Waals surface area contributed by atoms with Crippen molar-refractivity contribution in [3.05, 3.63) is 29.8 Å². The van der Waals surface area contributed by atoms with Gasteiger partial charge in [-0.3, -0.25) is 0 Å². The highest BCUT2D eigenvalue weighted by Crippen LogP contribution is 2.36. The smallest absolute Gasteiger partial charge is 0.167 e. The molecule has 0 fully saturated rings. The molecular formula is C17H28F2P+. The zero-order valence-corrected chi connectivity index (χ0v) is 13.9. The molecule has 0 saturated carbocycles. The lowest BCUT2D eigenvalue weighted by atomic mass is 10.1. The summed E-state index contributed by atoms with van der Waals surface area (Å²) in [7, 11) is -0.847. The van der Waals surface area contributed by atoms with Crippen molar-refractivity contribution in [2.24, 2.45) is 0 Å². The van der Waals surface area contributed by atoms with Crippen LogP contribution in [0.3, 0.4) is 0 Å². The van der Waals surface area contributed by atoms with E-state index in [9.17, 15) is 8.78 Å². The summed E-state index contributed by atoms with van der Waals surface area (Å²) in [6, 6.07) is 4.08. The van der Waals surface area contributed by atoms with Crippen molar-refractivity contribution in [3.8, 4) is 0 Å². The second-order valence-electron chi connectivity index (χ2n) is 5.45. The molecule has 3 heteroatoms. The van der Waals surface area contributed by atoms with E-state index in [4.69, 9.17) is 0 Å². The van der Waals surface area contributed by atoms with Crippen LogP contribution in [0.5, 0.6) is 0 Å². The van der Waals surface area contributed by atoms with Crippen LogP contribution in [-0.4, -0.2) is 12.3 Å². The molecule has 1 unspecified atom stereocenters. The molecule has 0 aliphatic carbocycles. The fourth-order valence-corrected chi connectivity index (χ4v) is 4.98. The summed E-state index contributed by atoms with van der Waals surface area (Å²) in [5.74, 6) is -0.816. The van der Waals surface area contributed by atoms with Gasteiger partial charge in [-0.2, -0.15) is 0 Å². The van der Waals surface area contributed by atoms with Crippen LogP contribution in [0.15, 0.2) is 18.2 Å². The molecule has 0 amide bonds. The van der Waals surface area contributed by atoms with Gasteiger partial charge in [-0.25, -0.2) is 8.78 Å². The highest BCUT2D eigenvalue weighted by atomic mass is 31.1. The number of halogens is 2. The predicted molar refractivity (Wildman–Crippen MR) is 87.7 cm³/mol. The highest BCUT2D eigenvalue weighted by molar-refractivity contribution is 7.65. The minimum atomic E-state index is -0.847. The molecule has 0 aromatic heterocycles. The van der Waals surface area contributed by atoms with Gasteiger partial charge in [0.1, 0.15) is 11.1 Å². The van der Waals surface area contributed by atoms with Gasteiger partial charge in [-0.05, 0) is 31.9 Å². The Hall–Kier alpha value is -0.490. The Bertz CT molecular complexity index is 379. The van der Waals surface area contributed by atoms with Gasteiger partial charge in [-0.15, -0.1) is 0 Å². The Morgan fingerprint density at radius 1 is 0.900 bits per heavy atom. The van der Waals surface area contributed by atoms with E-state index in [0.29, 0.717) is 0 Å². The van der Waals surface area contributed by atoms with Gasteiger partial charge in [0.05, 0.1) is 12.3 Å². The van der Waals surface area contributed by atoms with E-state index in [1.807, 2.05) is 0 Å². The van der Waals surface area contributed by atoms with Crippen molar-refractivity contribution in [3.63, 3.8) is 0 Å². The number of hydrogen-bond acceptors (Lipinski definition) is 0. The molecule has 0 spiro atoms. The molecule has 0 aliphatic heterocycles. The first kappa shape index (κ1) is 17.6. The average molecular weight is 301 g/mol. The van der Waals surface area contributed by atoms with E-state index >= 15 is 0 Å². The molecule has 1 atom stereocenters. The number of rotatable bonds is 10. The second kappa shape index (κ2) is 10.3. The normalized spacial score (nSPS) is 12.6. The van der Waals surface area contributed by atoms with Crippen LogP contribution in [0, 0.1) is 11.6 Å². The summed E-state index contributed by atoms with van der Waals surface area (Å²) in [6.45, 7) is 4.35. The summed E-state index contributed by atoms with van der Waals surface area (Å²) in [4.78, 5) is 0. The number of hydrogen-bond donors (Lipinski definition) is 0. The van der Waals surface area contributed by atoms with Gasteiger partial charge in [0.15, 0.2) is 5.82 Å². The molecule has 0 N–H and O–H groups in total. The number of unbranched alkanes of at least 4 members (excludes halogenated alkanes) is 6. The first-order valence-corrected chi connectivity index (χ1v) is 9.90. The highest BCUT2D eigenvalue weighted by Gasteiger charge is 2.21. The molecule has 0 heterocycles. The number of benzene rings is 1. The van der Waals surface area contributed by atoms with Crippen LogP contribution in [0.25, 0.3) is 0 Å². The molecular weight excluding hydrogens is 273 g/mol. The van der Waals surface area contributed by atoms with Crippen molar-refractivity contribution in [1.29, 1.82) is 0 Å². The van der Waals surface area contributed by atoms with E-state index in [1.165, 1.54) is 51.0 Å². The predicted octanol–water partition coefficient (Wildman–Crippen LogP) is 5.57. The standard InChI is InChI=1S/C17H27F2P/c1-3-5-6-7-8-9-10-13-20(4-2)17-12-11-15(18)14-16(17)19/h11-12,14H,3-10,13H2,1-2H3/p+1. The van der Waals surface area contributed by atoms with Crippen molar-refractivity contribution >= 4 is 13.2 Å². The fraction of sp³-hybridized carbons (Fsp3) is 0.647. The maximum Gasteiger partial charge on any atom is 0.167 e. The maximum atomic E-state index is 13.8. The van der Waals surface area contributed by atoms with Crippen LogP contribution >= 0.6 is 7.92 Å². The van der Waals surface area contributed by atoms with E-state index in [1.54, 1.807) is 6.07 Å². The third-order valence-electron chi connectivity index (χ3n) is 3.82. The molecule has 1 rings (SSSR count). The summed E-state index contributed by atoms with van der Waals surface area (Å²) in [5, 5.41) is 0.782. The average Bonchev–Trinajstić information content (AvgIpc) is 2.43. The minimum Gasteiger partial charge on any atom is -0.207 e. The topological polar surface area (TPSA) is 0 Å². The second-order valence-corrected chi connectivity index (χ2v) is 8.41. The summed E-state index contributed by atoms with van der Waals surface area (Å²) in [5.41, 5.74) is 0. The van der Waals surface area contributed by atoms with Crippen LogP contribution < -0.4 is 5.30 Å². The molecule has 0 radical (unpaired) electrons. The Morgan fingerprint density at radius 2 is 1.55 bits per heavy atom. The van der Waals surface area contributed by atoms with Crippen LogP contribution in [0.2, 0.25) is 0 Å². The molecule has 1 aromatic rings. The van der Waals surface area contributed by atoms with E-state index < -0.39 is 13.7 Å². The molecule has 0 bridgehead atoms. The Morgan fingerprint density at radius 3 is 2.15 bits per heavy atom. The van der Waals surface area contributed by atoms with Crippen molar-refractivity contribution in [2.45, 2.75) is 58.8 Å². The Kier molecular flexibility index (Phi) is 9.02. The molecule has 114 valence electrons. The molecule has 0 aliphatic rings. The third kappa shape index (κ3) is 6.31. The SMILES string of the molecule is CCCCCCCCC[PH+](CC)c1ccc(F)cc1F. The summed E-state index contributed by atoms with van der Waals surface area (Å²) < 4.78 is 26.7. The van der Waals surface area contributed by atoms with Gasteiger partial charge in [-0.1, -0.05) is 39.0 Å². The maximum absolute atomic E-state index is 13.8. The lowest BCUT2D eigenvalue weighted by Crippen LogP contribution is -2.10. The van der Waals surface area contributed by atoms with Crippen molar-refractivity contribution in [1.82, 2.24) is 0 Å². The monoisotopic (exact) mass is 301 g/mol. The molecule has 1 aromatic carbocycles. The van der Waals surface area contributed by atoms with Gasteiger partial charge in [0.2, 0.25) is 0 Å². The fourth-order valence-electron chi connectivity index (χ4n) is 2.57. The van der Waals surface area contributed by atoms with Gasteiger partial charge >= 0.3 is 0 Å². The molecule has 0 saturated heterocycles. The molecule has 20 heavy (non-hydrogen) atoms. The lowest BCUT2D eigenvalue weighted by Gasteiger charge is -2.09. The van der Waals surface area contributed by atoms with Crippen LogP contribution in [0.4, 0.5) is 8.78 Å². The van der Waals surface area contributed by atoms with Crippen molar-refractivity contribution in [2.75, 3.05) is 12.3 Å². The molecule has 0 nitrogen and oxygen atoms in total. The van der Waals surface area contributed by atoms with E-state index in [-0.39, 0.29) is 5.82 Å². The van der Waals surface area contributed by atoms with Gasteiger partial charge in [0.25, 0.3) is 0 Å². The van der Waals surface area contributed by atoms with E-state index in [2.05, 4.69) is 13.8 Å². The van der Waals surface area contributed by atoms with Crippen LogP contribution in [-0.2, 0) is 0 Å². The van der Waals surface area contributed by atoms with Crippen LogP contribution in [0.1, 0.15) is 58.8 Å². The lowest BCUT2D eigenvalue weighted by molar-refractivity contribution is 0.588. The zero-order chi connectivity index (χ0) is 14.8. The Labute approximate surface area is 123 Å². The third-order valence-corrected chi connectivity index (χ3v) is 6.80. The van der Waals surface area contributed by atoms with Gasteiger partial charge in [0, 0.05) is 14.0 Å². The van der Waals surface area contributed by atoms with Crippen molar-refractivity contribution < 1.29 is 8.78 Å². The first-order valence-electron chi connectivity index (χ1n) is 7.99. The zero-order valence-electron chi connectivity index (χ0n) is 12.9. The first-order chi connectivity index (χ1) is 9.69. The van der Waals surface area contributed by atoms with Gasteiger partial charge < -0.3 is 0 Å². The minimum absolute atomic E-state index is 0.344. The quantitative estimate of drug-likeness (QED) is 0.391.